The van der Waals surface area contributed by atoms with Crippen LogP contribution in [0.15, 0.2) is 11.6 Å². The van der Waals surface area contributed by atoms with Crippen molar-refractivity contribution in [2.24, 2.45) is 5.41 Å². The fourth-order valence-corrected chi connectivity index (χ4v) is 2.71. The first-order chi connectivity index (χ1) is 7.04. The molecule has 2 bridgehead atoms. The molecule has 0 aromatic heterocycles. The van der Waals surface area contributed by atoms with Crippen molar-refractivity contribution in [3.05, 3.63) is 11.6 Å². The van der Waals surface area contributed by atoms with Gasteiger partial charge in [-0.1, -0.05) is 11.6 Å². The number of hydrogen-bond donors (Lipinski definition) is 1. The Kier molecular flexibility index (Phi) is 2.59. The van der Waals surface area contributed by atoms with Crippen molar-refractivity contribution in [1.29, 1.82) is 0 Å². The number of fused-ring (bicyclic) bond motifs is 2. The molecule has 2 saturated heterocycles. The third kappa shape index (κ3) is 1.69. The summed E-state index contributed by atoms with van der Waals surface area (Å²) >= 11 is 0. The summed E-state index contributed by atoms with van der Waals surface area (Å²) in [5, 5.41) is 9.39. The fraction of sp³-hybridized carbons (Fsp3) is 0.750. The van der Waals surface area contributed by atoms with Gasteiger partial charge in [0.1, 0.15) is 0 Å². The van der Waals surface area contributed by atoms with E-state index in [-0.39, 0.29) is 12.2 Å². The molecule has 3 unspecified atom stereocenters. The van der Waals surface area contributed by atoms with E-state index in [0.29, 0.717) is 12.8 Å². The molecule has 1 N–H and O–H groups in total. The standard InChI is InChI=1S/C12H18O3/c1-8(2)5-6-12(11(13)14)7-9-3-4-10(12)15-9/h5,9-10H,3-4,6-7H2,1-2H3,(H,13,14). The van der Waals surface area contributed by atoms with Gasteiger partial charge in [0.05, 0.1) is 17.6 Å². The van der Waals surface area contributed by atoms with E-state index in [9.17, 15) is 9.90 Å². The minimum absolute atomic E-state index is 0.0596. The average Bonchev–Trinajstić information content (AvgIpc) is 2.74. The molecule has 0 aromatic carbocycles. The predicted octanol–water partition coefficient (Wildman–Crippen LogP) is 2.37. The van der Waals surface area contributed by atoms with E-state index >= 15 is 0 Å². The van der Waals surface area contributed by atoms with Crippen LogP contribution >= 0.6 is 0 Å². The fourth-order valence-electron chi connectivity index (χ4n) is 2.71. The van der Waals surface area contributed by atoms with E-state index < -0.39 is 11.4 Å². The second-order valence-corrected chi connectivity index (χ2v) is 4.98. The third-order valence-corrected chi connectivity index (χ3v) is 3.62. The van der Waals surface area contributed by atoms with Crippen molar-refractivity contribution in [3.8, 4) is 0 Å². The van der Waals surface area contributed by atoms with Gasteiger partial charge in [-0.3, -0.25) is 4.79 Å². The summed E-state index contributed by atoms with van der Waals surface area (Å²) in [6.07, 6.45) is 5.41. The van der Waals surface area contributed by atoms with E-state index in [2.05, 4.69) is 0 Å². The molecule has 15 heavy (non-hydrogen) atoms. The smallest absolute Gasteiger partial charge is 0.312 e. The summed E-state index contributed by atoms with van der Waals surface area (Å²) < 4.78 is 5.67. The minimum atomic E-state index is -0.688. The second-order valence-electron chi connectivity index (χ2n) is 4.98. The molecule has 3 atom stereocenters. The molecule has 2 aliphatic rings. The molecule has 0 amide bonds. The Morgan fingerprint density at radius 1 is 1.53 bits per heavy atom. The molecule has 3 nitrogen and oxygen atoms in total. The maximum Gasteiger partial charge on any atom is 0.312 e. The highest BCUT2D eigenvalue weighted by atomic mass is 16.5. The normalized spacial score (nSPS) is 38.0. The van der Waals surface area contributed by atoms with E-state index in [0.717, 1.165) is 12.8 Å². The Morgan fingerprint density at radius 2 is 2.27 bits per heavy atom. The van der Waals surface area contributed by atoms with Gasteiger partial charge in [-0.2, -0.15) is 0 Å². The molecule has 84 valence electrons. The Labute approximate surface area is 90.1 Å². The molecule has 2 rings (SSSR count). The summed E-state index contributed by atoms with van der Waals surface area (Å²) in [4.78, 5) is 11.4. The van der Waals surface area contributed by atoms with Crippen molar-refractivity contribution in [2.75, 3.05) is 0 Å². The van der Waals surface area contributed by atoms with Gasteiger partial charge in [-0.15, -0.1) is 0 Å². The number of ether oxygens (including phenoxy) is 1. The SMILES string of the molecule is CC(C)=CCC1(C(=O)O)CC2CCC1O2. The van der Waals surface area contributed by atoms with Crippen LogP contribution in [-0.2, 0) is 9.53 Å². The topological polar surface area (TPSA) is 46.5 Å². The zero-order valence-corrected chi connectivity index (χ0v) is 9.32. The molecule has 0 spiro atoms. The highest BCUT2D eigenvalue weighted by Crippen LogP contribution is 2.50. The first-order valence-corrected chi connectivity index (χ1v) is 5.57. The van der Waals surface area contributed by atoms with Crippen molar-refractivity contribution in [3.63, 3.8) is 0 Å². The zero-order valence-electron chi connectivity index (χ0n) is 9.32. The maximum atomic E-state index is 11.4. The van der Waals surface area contributed by atoms with Crippen LogP contribution in [0, 0.1) is 5.41 Å². The Hall–Kier alpha value is -0.830. The molecular weight excluding hydrogens is 192 g/mol. The van der Waals surface area contributed by atoms with Gasteiger partial charge >= 0.3 is 5.97 Å². The molecular formula is C12H18O3. The molecule has 0 aromatic rings. The lowest BCUT2D eigenvalue weighted by Gasteiger charge is -2.29. The molecule has 3 heteroatoms. The van der Waals surface area contributed by atoms with Crippen LogP contribution in [0.25, 0.3) is 0 Å². The number of carboxylic acids is 1. The molecule has 0 radical (unpaired) electrons. The van der Waals surface area contributed by atoms with Gasteiger partial charge in [-0.25, -0.2) is 0 Å². The summed E-state index contributed by atoms with van der Waals surface area (Å²) in [6.45, 7) is 4.01. The van der Waals surface area contributed by atoms with E-state index in [1.807, 2.05) is 19.9 Å². The average molecular weight is 210 g/mol. The van der Waals surface area contributed by atoms with Crippen LogP contribution in [0.4, 0.5) is 0 Å². The van der Waals surface area contributed by atoms with Crippen LogP contribution in [-0.4, -0.2) is 23.3 Å². The number of rotatable bonds is 3. The largest absolute Gasteiger partial charge is 0.481 e. The van der Waals surface area contributed by atoms with Gasteiger partial charge in [0.15, 0.2) is 0 Å². The van der Waals surface area contributed by atoms with Crippen LogP contribution < -0.4 is 0 Å². The van der Waals surface area contributed by atoms with Crippen LogP contribution in [0.3, 0.4) is 0 Å². The lowest BCUT2D eigenvalue weighted by Crippen LogP contribution is -2.39. The predicted molar refractivity (Wildman–Crippen MR) is 56.6 cm³/mol. The molecule has 2 heterocycles. The van der Waals surface area contributed by atoms with Gasteiger partial charge in [0, 0.05) is 0 Å². The van der Waals surface area contributed by atoms with E-state index in [1.165, 1.54) is 5.57 Å². The van der Waals surface area contributed by atoms with Crippen LogP contribution in [0.1, 0.15) is 39.5 Å². The minimum Gasteiger partial charge on any atom is -0.481 e. The number of allylic oxidation sites excluding steroid dienone is 2. The molecule has 0 saturated carbocycles. The summed E-state index contributed by atoms with van der Waals surface area (Å²) in [5.74, 6) is -0.688. The quantitative estimate of drug-likeness (QED) is 0.727. The maximum absolute atomic E-state index is 11.4. The highest BCUT2D eigenvalue weighted by molar-refractivity contribution is 5.76. The number of hydrogen-bond acceptors (Lipinski definition) is 2. The number of carboxylic acid groups (broad SMARTS) is 1. The van der Waals surface area contributed by atoms with Crippen molar-refractivity contribution in [2.45, 2.75) is 51.7 Å². The lowest BCUT2D eigenvalue weighted by molar-refractivity contribution is -0.152. The van der Waals surface area contributed by atoms with Crippen molar-refractivity contribution in [1.82, 2.24) is 0 Å². The summed E-state index contributed by atoms with van der Waals surface area (Å²) in [7, 11) is 0. The summed E-state index contributed by atoms with van der Waals surface area (Å²) in [6, 6.07) is 0. The molecule has 2 aliphatic heterocycles. The lowest BCUT2D eigenvalue weighted by atomic mass is 9.71. The van der Waals surface area contributed by atoms with Crippen LogP contribution in [0.5, 0.6) is 0 Å². The Morgan fingerprint density at radius 3 is 2.67 bits per heavy atom. The first kappa shape index (κ1) is 10.7. The Bertz CT molecular complexity index is 304. The molecule has 0 aliphatic carbocycles. The highest BCUT2D eigenvalue weighted by Gasteiger charge is 2.56. The van der Waals surface area contributed by atoms with E-state index in [1.54, 1.807) is 0 Å². The van der Waals surface area contributed by atoms with Crippen LogP contribution in [0.2, 0.25) is 0 Å². The van der Waals surface area contributed by atoms with Gasteiger partial charge in [0.2, 0.25) is 0 Å². The first-order valence-electron chi connectivity index (χ1n) is 5.57. The zero-order chi connectivity index (χ0) is 11.1. The van der Waals surface area contributed by atoms with E-state index in [4.69, 9.17) is 4.74 Å². The van der Waals surface area contributed by atoms with Gasteiger partial charge < -0.3 is 9.84 Å². The molecule has 2 fully saturated rings. The Balaban J connectivity index is 2.19. The van der Waals surface area contributed by atoms with Crippen molar-refractivity contribution >= 4 is 5.97 Å². The second kappa shape index (κ2) is 3.63. The summed E-state index contributed by atoms with van der Waals surface area (Å²) in [5.41, 5.74) is 0.540. The number of aliphatic carboxylic acids is 1. The van der Waals surface area contributed by atoms with Gasteiger partial charge in [0.25, 0.3) is 0 Å². The van der Waals surface area contributed by atoms with Crippen molar-refractivity contribution < 1.29 is 14.6 Å². The van der Waals surface area contributed by atoms with Gasteiger partial charge in [-0.05, 0) is 39.5 Å². The third-order valence-electron chi connectivity index (χ3n) is 3.62. The number of carbonyl (C=O) groups is 1. The monoisotopic (exact) mass is 210 g/mol.